The molecule has 242 valence electrons. The van der Waals surface area contributed by atoms with Crippen molar-refractivity contribution in [3.63, 3.8) is 0 Å². The first-order valence-electron chi connectivity index (χ1n) is 14.5. The number of nitrogens with one attached hydrogen (secondary N) is 1. The average Bonchev–Trinajstić information content (AvgIpc) is 3.04. The normalized spacial score (nSPS) is 14.8. The molecule has 2 heterocycles. The van der Waals surface area contributed by atoms with Gasteiger partial charge in [-0.1, -0.05) is 6.07 Å². The van der Waals surface area contributed by atoms with Gasteiger partial charge in [-0.25, -0.2) is 22.9 Å². The zero-order valence-corrected chi connectivity index (χ0v) is 25.9. The average molecular weight is 638 g/mol. The zero-order chi connectivity index (χ0) is 32.8. The summed E-state index contributed by atoms with van der Waals surface area (Å²) in [6.07, 6.45) is 1.21. The Hall–Kier alpha value is -5.04. The molecule has 3 aromatic carbocycles. The Kier molecular flexibility index (Phi) is 10.1. The summed E-state index contributed by atoms with van der Waals surface area (Å²) >= 11 is 0. The first-order chi connectivity index (χ1) is 22.1. The molecule has 13 heteroatoms. The number of halogens is 3. The van der Waals surface area contributed by atoms with Gasteiger partial charge >= 0.3 is 6.09 Å². The van der Waals surface area contributed by atoms with E-state index in [0.29, 0.717) is 29.7 Å². The first-order valence-corrected chi connectivity index (χ1v) is 14.5. The van der Waals surface area contributed by atoms with Crippen LogP contribution in [0.2, 0.25) is 0 Å². The summed E-state index contributed by atoms with van der Waals surface area (Å²) in [5.74, 6) is -2.06. The third-order valence-corrected chi connectivity index (χ3v) is 7.53. The lowest BCUT2D eigenvalue weighted by atomic mass is 10.00. The molecule has 4 aromatic rings. The van der Waals surface area contributed by atoms with Gasteiger partial charge in [0.25, 0.3) is 0 Å². The highest BCUT2D eigenvalue weighted by Gasteiger charge is 2.22. The van der Waals surface area contributed by atoms with E-state index in [9.17, 15) is 13.6 Å². The SMILES string of the molecule is COc1ccc(OC)c(N(C)C(=O)Oc2cc(-c3cccc(F)c3F)nc(Nc3ccc(OCC4CCCN(C)C4)c(F)c3)n2)c1. The Balaban J connectivity index is 1.40. The number of likely N-dealkylation sites (tertiary alicyclic amines) is 1. The third-order valence-electron chi connectivity index (χ3n) is 7.53. The van der Waals surface area contributed by atoms with Crippen molar-refractivity contribution in [2.75, 3.05) is 58.2 Å². The number of piperidine rings is 1. The van der Waals surface area contributed by atoms with E-state index in [2.05, 4.69) is 27.2 Å². The Morgan fingerprint density at radius 1 is 1.00 bits per heavy atom. The number of carbonyl (C=O) groups excluding carboxylic acids is 1. The molecule has 46 heavy (non-hydrogen) atoms. The highest BCUT2D eigenvalue weighted by atomic mass is 19.2. The topological polar surface area (TPSA) is 98.3 Å². The van der Waals surface area contributed by atoms with Crippen molar-refractivity contribution in [2.45, 2.75) is 12.8 Å². The molecule has 1 N–H and O–H groups in total. The zero-order valence-electron chi connectivity index (χ0n) is 25.9. The lowest BCUT2D eigenvalue weighted by molar-refractivity contribution is 0.147. The van der Waals surface area contributed by atoms with Gasteiger partial charge < -0.3 is 29.2 Å². The van der Waals surface area contributed by atoms with Gasteiger partial charge in [-0.2, -0.15) is 4.98 Å². The predicted molar refractivity (Wildman–Crippen MR) is 167 cm³/mol. The number of methoxy groups -OCH3 is 2. The van der Waals surface area contributed by atoms with E-state index < -0.39 is 23.5 Å². The first kappa shape index (κ1) is 32.4. The molecule has 1 aliphatic rings. The van der Waals surface area contributed by atoms with Crippen LogP contribution < -0.4 is 29.2 Å². The molecule has 0 bridgehead atoms. The Bertz CT molecular complexity index is 1710. The smallest absolute Gasteiger partial charge is 0.420 e. The molecule has 1 saturated heterocycles. The number of amides is 1. The molecule has 1 fully saturated rings. The molecular formula is C33H34F3N5O5. The molecule has 5 rings (SSSR count). The van der Waals surface area contributed by atoms with Gasteiger partial charge in [0, 0.05) is 49.0 Å². The molecule has 1 unspecified atom stereocenters. The van der Waals surface area contributed by atoms with Crippen LogP contribution in [-0.2, 0) is 0 Å². The number of benzene rings is 3. The van der Waals surface area contributed by atoms with Gasteiger partial charge in [0.2, 0.25) is 11.8 Å². The van der Waals surface area contributed by atoms with E-state index in [1.807, 2.05) is 0 Å². The van der Waals surface area contributed by atoms with Gasteiger partial charge in [-0.05, 0) is 62.8 Å². The van der Waals surface area contributed by atoms with Gasteiger partial charge in [-0.15, -0.1) is 0 Å². The monoisotopic (exact) mass is 637 g/mol. The van der Waals surface area contributed by atoms with Crippen molar-refractivity contribution < 1.29 is 36.9 Å². The molecule has 1 amide bonds. The standard InChI is InChI=1S/C33H34F3N5O5/c1-40-14-6-7-20(18-40)19-45-28-12-10-21(15-25(28)35)37-32-38-26(23-8-5-9-24(34)31(23)36)17-30(39-32)46-33(42)41(2)27-16-22(43-3)11-13-29(27)44-4/h5,8-13,15-17,20H,6-7,14,18-19H2,1-4H3,(H,37,38,39). The summed E-state index contributed by atoms with van der Waals surface area (Å²) in [6, 6.07) is 13.9. The van der Waals surface area contributed by atoms with Gasteiger partial charge in [0.1, 0.15) is 11.5 Å². The summed E-state index contributed by atoms with van der Waals surface area (Å²) in [4.78, 5) is 25.1. The van der Waals surface area contributed by atoms with Crippen LogP contribution in [-0.4, -0.2) is 69.0 Å². The number of ether oxygens (including phenoxy) is 4. The second-order valence-electron chi connectivity index (χ2n) is 10.8. The number of aromatic nitrogens is 2. The van der Waals surface area contributed by atoms with E-state index in [-0.39, 0.29) is 34.5 Å². The lowest BCUT2D eigenvalue weighted by Crippen LogP contribution is -2.34. The lowest BCUT2D eigenvalue weighted by Gasteiger charge is -2.29. The van der Waals surface area contributed by atoms with Crippen LogP contribution in [0.4, 0.5) is 35.3 Å². The van der Waals surface area contributed by atoms with E-state index in [0.717, 1.165) is 32.0 Å². The molecule has 0 saturated carbocycles. The van der Waals surface area contributed by atoms with Crippen molar-refractivity contribution >= 4 is 23.4 Å². The second kappa shape index (κ2) is 14.4. The van der Waals surface area contributed by atoms with Gasteiger partial charge in [0.15, 0.2) is 23.2 Å². The molecule has 1 atom stereocenters. The van der Waals surface area contributed by atoms with E-state index in [1.165, 1.54) is 56.5 Å². The summed E-state index contributed by atoms with van der Waals surface area (Å²) in [5.41, 5.74) is 0.296. The van der Waals surface area contributed by atoms with Crippen LogP contribution in [0.15, 0.2) is 60.7 Å². The maximum atomic E-state index is 15.0. The van der Waals surface area contributed by atoms with Crippen LogP contribution >= 0.6 is 0 Å². The highest BCUT2D eigenvalue weighted by molar-refractivity contribution is 5.90. The molecule has 1 aliphatic heterocycles. The molecule has 10 nitrogen and oxygen atoms in total. The Morgan fingerprint density at radius 3 is 2.54 bits per heavy atom. The van der Waals surface area contributed by atoms with Crippen LogP contribution in [0.1, 0.15) is 12.8 Å². The Labute approximate surface area is 264 Å². The summed E-state index contributed by atoms with van der Waals surface area (Å²) in [6.45, 7) is 2.31. The molecule has 0 spiro atoms. The highest BCUT2D eigenvalue weighted by Crippen LogP contribution is 2.33. The molecule has 0 radical (unpaired) electrons. The van der Waals surface area contributed by atoms with Gasteiger partial charge in [0.05, 0.1) is 32.2 Å². The van der Waals surface area contributed by atoms with E-state index in [4.69, 9.17) is 18.9 Å². The van der Waals surface area contributed by atoms with Crippen LogP contribution in [0.25, 0.3) is 11.3 Å². The minimum Gasteiger partial charge on any atom is -0.497 e. The summed E-state index contributed by atoms with van der Waals surface area (Å²) < 4.78 is 65.9. The Morgan fingerprint density at radius 2 is 1.80 bits per heavy atom. The fourth-order valence-electron chi connectivity index (χ4n) is 5.13. The maximum absolute atomic E-state index is 15.0. The second-order valence-corrected chi connectivity index (χ2v) is 10.8. The quantitative estimate of drug-likeness (QED) is 0.204. The van der Waals surface area contributed by atoms with Crippen molar-refractivity contribution in [1.29, 1.82) is 0 Å². The number of hydrogen-bond acceptors (Lipinski definition) is 9. The van der Waals surface area contributed by atoms with Crippen LogP contribution in [0.3, 0.4) is 0 Å². The number of anilines is 3. The van der Waals surface area contributed by atoms with Crippen molar-refractivity contribution in [3.8, 4) is 34.4 Å². The van der Waals surface area contributed by atoms with Crippen molar-refractivity contribution in [1.82, 2.24) is 14.9 Å². The largest absolute Gasteiger partial charge is 0.497 e. The summed E-state index contributed by atoms with van der Waals surface area (Å²) in [7, 11) is 6.43. The minimum atomic E-state index is -1.15. The number of hydrogen-bond donors (Lipinski definition) is 1. The number of carbonyl (C=O) groups is 1. The molecule has 0 aliphatic carbocycles. The third kappa shape index (κ3) is 7.60. The predicted octanol–water partition coefficient (Wildman–Crippen LogP) is 6.68. The number of nitrogens with zero attached hydrogens (tertiary/aromatic N) is 4. The summed E-state index contributed by atoms with van der Waals surface area (Å²) in [5, 5.41) is 2.85. The van der Waals surface area contributed by atoms with Crippen LogP contribution in [0, 0.1) is 23.4 Å². The van der Waals surface area contributed by atoms with Crippen LogP contribution in [0.5, 0.6) is 23.1 Å². The van der Waals surface area contributed by atoms with Crippen molar-refractivity contribution in [2.24, 2.45) is 5.92 Å². The molecular weight excluding hydrogens is 603 g/mol. The fourth-order valence-corrected chi connectivity index (χ4v) is 5.13. The fraction of sp³-hybridized carbons (Fsp3) is 0.303. The number of rotatable bonds is 10. The minimum absolute atomic E-state index is 0.0863. The maximum Gasteiger partial charge on any atom is 0.420 e. The van der Waals surface area contributed by atoms with E-state index >= 15 is 4.39 Å². The molecule has 1 aromatic heterocycles. The van der Waals surface area contributed by atoms with E-state index in [1.54, 1.807) is 24.3 Å². The van der Waals surface area contributed by atoms with Gasteiger partial charge in [-0.3, -0.25) is 4.90 Å². The van der Waals surface area contributed by atoms with Crippen molar-refractivity contribution in [3.05, 3.63) is 78.1 Å².